The smallest absolute Gasteiger partial charge is 0.410 e. The highest BCUT2D eigenvalue weighted by Crippen LogP contribution is 2.30. The van der Waals surface area contributed by atoms with Crippen molar-refractivity contribution < 1.29 is 14.6 Å². The van der Waals surface area contributed by atoms with Gasteiger partial charge in [-0.3, -0.25) is 0 Å². The third-order valence-electron chi connectivity index (χ3n) is 4.77. The van der Waals surface area contributed by atoms with E-state index in [4.69, 9.17) is 4.74 Å². The van der Waals surface area contributed by atoms with Gasteiger partial charge in [-0.15, -0.1) is 0 Å². The van der Waals surface area contributed by atoms with Crippen LogP contribution in [0, 0.1) is 11.3 Å². The SMILES string of the molecule is CCCC(CCO)CNC1CCN(C(=O)OC(C)(C)C)CC1(C)C. The first-order valence-electron chi connectivity index (χ1n) is 9.41. The molecule has 1 fully saturated rings. The van der Waals surface area contributed by atoms with Gasteiger partial charge in [0.25, 0.3) is 0 Å². The van der Waals surface area contributed by atoms with Crippen molar-refractivity contribution >= 4 is 6.09 Å². The number of likely N-dealkylation sites (tertiary alicyclic amines) is 1. The third-order valence-corrected chi connectivity index (χ3v) is 4.77. The first-order valence-corrected chi connectivity index (χ1v) is 9.41. The average molecular weight is 343 g/mol. The van der Waals surface area contributed by atoms with E-state index in [1.807, 2.05) is 25.7 Å². The fourth-order valence-corrected chi connectivity index (χ4v) is 3.47. The predicted molar refractivity (Wildman–Crippen MR) is 98.1 cm³/mol. The largest absolute Gasteiger partial charge is 0.444 e. The summed E-state index contributed by atoms with van der Waals surface area (Å²) in [5, 5.41) is 12.9. The number of ether oxygens (including phenoxy) is 1. The van der Waals surface area contributed by atoms with Crippen LogP contribution < -0.4 is 5.32 Å². The van der Waals surface area contributed by atoms with Crippen LogP contribution in [0.2, 0.25) is 0 Å². The molecular formula is C19H38N2O3. The molecule has 0 bridgehead atoms. The van der Waals surface area contributed by atoms with Gasteiger partial charge in [0.15, 0.2) is 0 Å². The van der Waals surface area contributed by atoms with E-state index in [9.17, 15) is 9.90 Å². The molecule has 1 saturated heterocycles. The monoisotopic (exact) mass is 342 g/mol. The predicted octanol–water partition coefficient (Wildman–Crippen LogP) is 3.41. The Balaban J connectivity index is 2.55. The van der Waals surface area contributed by atoms with Crippen molar-refractivity contribution in [2.24, 2.45) is 11.3 Å². The number of aliphatic hydroxyl groups is 1. The molecule has 2 atom stereocenters. The van der Waals surface area contributed by atoms with Gasteiger partial charge in [-0.1, -0.05) is 27.2 Å². The number of piperidine rings is 1. The van der Waals surface area contributed by atoms with E-state index < -0.39 is 5.60 Å². The molecule has 0 aliphatic carbocycles. The van der Waals surface area contributed by atoms with Crippen LogP contribution in [0.3, 0.4) is 0 Å². The molecule has 1 aliphatic rings. The van der Waals surface area contributed by atoms with Gasteiger partial charge in [0.2, 0.25) is 0 Å². The molecule has 2 N–H and O–H groups in total. The van der Waals surface area contributed by atoms with Crippen molar-refractivity contribution in [3.8, 4) is 0 Å². The Kier molecular flexibility index (Phi) is 8.00. The topological polar surface area (TPSA) is 61.8 Å². The number of carbonyl (C=O) groups is 1. The minimum atomic E-state index is -0.450. The molecule has 5 nitrogen and oxygen atoms in total. The summed E-state index contributed by atoms with van der Waals surface area (Å²) in [6.07, 6.45) is 3.87. The fraction of sp³-hybridized carbons (Fsp3) is 0.947. The highest BCUT2D eigenvalue weighted by Gasteiger charge is 2.38. The molecule has 5 heteroatoms. The number of nitrogens with one attached hydrogen (secondary N) is 1. The first kappa shape index (κ1) is 21.2. The van der Waals surface area contributed by atoms with Gasteiger partial charge >= 0.3 is 6.09 Å². The average Bonchev–Trinajstić information content (AvgIpc) is 2.43. The number of hydrogen-bond acceptors (Lipinski definition) is 4. The van der Waals surface area contributed by atoms with E-state index in [1.54, 1.807) is 0 Å². The van der Waals surface area contributed by atoms with Crippen LogP contribution in [0.1, 0.15) is 67.2 Å². The number of amides is 1. The highest BCUT2D eigenvalue weighted by molar-refractivity contribution is 5.68. The molecule has 1 heterocycles. The van der Waals surface area contributed by atoms with E-state index in [1.165, 1.54) is 0 Å². The van der Waals surface area contributed by atoms with Crippen LogP contribution in [0.4, 0.5) is 4.79 Å². The Hall–Kier alpha value is -0.810. The quantitative estimate of drug-likeness (QED) is 0.744. The fourth-order valence-electron chi connectivity index (χ4n) is 3.47. The summed E-state index contributed by atoms with van der Waals surface area (Å²) >= 11 is 0. The zero-order valence-corrected chi connectivity index (χ0v) is 16.5. The van der Waals surface area contributed by atoms with Crippen molar-refractivity contribution in [3.05, 3.63) is 0 Å². The Bertz CT molecular complexity index is 385. The maximum Gasteiger partial charge on any atom is 0.410 e. The van der Waals surface area contributed by atoms with E-state index in [-0.39, 0.29) is 18.1 Å². The van der Waals surface area contributed by atoms with E-state index >= 15 is 0 Å². The van der Waals surface area contributed by atoms with Gasteiger partial charge in [0.05, 0.1) is 0 Å². The molecule has 0 aromatic carbocycles. The van der Waals surface area contributed by atoms with E-state index in [2.05, 4.69) is 26.1 Å². The molecule has 2 unspecified atom stereocenters. The summed E-state index contributed by atoms with van der Waals surface area (Å²) in [5.74, 6) is 0.527. The molecule has 0 saturated carbocycles. The van der Waals surface area contributed by atoms with Gasteiger partial charge < -0.3 is 20.1 Å². The molecule has 1 rings (SSSR count). The van der Waals surface area contributed by atoms with Crippen LogP contribution in [0.25, 0.3) is 0 Å². The van der Waals surface area contributed by atoms with Crippen LogP contribution in [0.15, 0.2) is 0 Å². The molecular weight excluding hydrogens is 304 g/mol. The molecule has 0 aromatic heterocycles. The maximum absolute atomic E-state index is 12.3. The Morgan fingerprint density at radius 2 is 2.04 bits per heavy atom. The summed E-state index contributed by atoms with van der Waals surface area (Å²) in [5.41, 5.74) is -0.445. The lowest BCUT2D eigenvalue weighted by Gasteiger charge is -2.45. The standard InChI is InChI=1S/C19H38N2O3/c1-7-8-15(10-12-22)13-20-16-9-11-21(14-19(16,5)6)17(23)24-18(2,3)4/h15-16,20,22H,7-14H2,1-6H3. The molecule has 0 radical (unpaired) electrons. The lowest BCUT2D eigenvalue weighted by molar-refractivity contribution is 0.00178. The second-order valence-electron chi connectivity index (χ2n) is 8.81. The van der Waals surface area contributed by atoms with Crippen LogP contribution in [0.5, 0.6) is 0 Å². The van der Waals surface area contributed by atoms with Crippen molar-refractivity contribution in [2.45, 2.75) is 78.9 Å². The minimum absolute atomic E-state index is 0.00509. The van der Waals surface area contributed by atoms with Gasteiger partial charge in [-0.25, -0.2) is 4.79 Å². The second-order valence-corrected chi connectivity index (χ2v) is 8.81. The normalized spacial score (nSPS) is 22.3. The molecule has 1 aliphatic heterocycles. The van der Waals surface area contributed by atoms with Gasteiger partial charge in [-0.2, -0.15) is 0 Å². The minimum Gasteiger partial charge on any atom is -0.444 e. The number of rotatable bonds is 7. The number of hydrogen-bond donors (Lipinski definition) is 2. The Labute approximate surface area is 148 Å². The Morgan fingerprint density at radius 3 is 2.54 bits per heavy atom. The summed E-state index contributed by atoms with van der Waals surface area (Å²) in [6, 6.07) is 0.384. The van der Waals surface area contributed by atoms with Crippen LogP contribution in [-0.2, 0) is 4.74 Å². The van der Waals surface area contributed by atoms with Crippen LogP contribution >= 0.6 is 0 Å². The highest BCUT2D eigenvalue weighted by atomic mass is 16.6. The van der Waals surface area contributed by atoms with Crippen molar-refractivity contribution in [3.63, 3.8) is 0 Å². The zero-order valence-electron chi connectivity index (χ0n) is 16.5. The summed E-state index contributed by atoms with van der Waals surface area (Å²) < 4.78 is 5.51. The summed E-state index contributed by atoms with van der Waals surface area (Å²) in [4.78, 5) is 14.1. The molecule has 0 spiro atoms. The molecule has 0 aromatic rings. The lowest BCUT2D eigenvalue weighted by Crippen LogP contribution is -2.56. The second kappa shape index (κ2) is 9.04. The lowest BCUT2D eigenvalue weighted by atomic mass is 9.79. The van der Waals surface area contributed by atoms with Crippen molar-refractivity contribution in [2.75, 3.05) is 26.2 Å². The molecule has 24 heavy (non-hydrogen) atoms. The number of aliphatic hydroxyl groups excluding tert-OH is 1. The third kappa shape index (κ3) is 6.98. The Morgan fingerprint density at radius 1 is 1.38 bits per heavy atom. The maximum atomic E-state index is 12.3. The van der Waals surface area contributed by atoms with Crippen LogP contribution in [-0.4, -0.2) is 54.0 Å². The molecule has 142 valence electrons. The zero-order chi connectivity index (χ0) is 18.4. The van der Waals surface area contributed by atoms with Gasteiger partial charge in [0.1, 0.15) is 5.60 Å². The van der Waals surface area contributed by atoms with E-state index in [0.717, 1.165) is 38.8 Å². The van der Waals surface area contributed by atoms with E-state index in [0.29, 0.717) is 18.5 Å². The molecule has 1 amide bonds. The summed E-state index contributed by atoms with van der Waals surface area (Å²) in [6.45, 7) is 14.9. The summed E-state index contributed by atoms with van der Waals surface area (Å²) in [7, 11) is 0. The van der Waals surface area contributed by atoms with Crippen molar-refractivity contribution in [1.29, 1.82) is 0 Å². The number of carbonyl (C=O) groups excluding carboxylic acids is 1. The van der Waals surface area contributed by atoms with Crippen molar-refractivity contribution in [1.82, 2.24) is 10.2 Å². The number of nitrogens with zero attached hydrogens (tertiary/aromatic N) is 1. The first-order chi connectivity index (χ1) is 11.1. The van der Waals surface area contributed by atoms with Gasteiger partial charge in [-0.05, 0) is 57.9 Å². The van der Waals surface area contributed by atoms with Gasteiger partial charge in [0, 0.05) is 25.7 Å².